The van der Waals surface area contributed by atoms with Gasteiger partial charge in [-0.15, -0.1) is 0 Å². The number of halogens is 1. The van der Waals surface area contributed by atoms with E-state index in [0.29, 0.717) is 19.5 Å². The molecule has 3 nitrogen and oxygen atoms in total. The molecule has 0 bridgehead atoms. The first-order valence-electron chi connectivity index (χ1n) is 6.64. The van der Waals surface area contributed by atoms with E-state index in [2.05, 4.69) is 4.98 Å². The van der Waals surface area contributed by atoms with Crippen LogP contribution in [-0.2, 0) is 0 Å². The van der Waals surface area contributed by atoms with Gasteiger partial charge in [0.05, 0.1) is 5.52 Å². The SMILES string of the molecule is Cc1ccc(N2C[C@H](N)C[C@H](F)C2)c2cccnc12. The molecule has 3 rings (SSSR count). The van der Waals surface area contributed by atoms with Gasteiger partial charge in [-0.05, 0) is 37.1 Å². The van der Waals surface area contributed by atoms with Crippen molar-refractivity contribution < 1.29 is 4.39 Å². The van der Waals surface area contributed by atoms with Crippen molar-refractivity contribution in [1.29, 1.82) is 0 Å². The molecule has 2 heterocycles. The van der Waals surface area contributed by atoms with Gasteiger partial charge >= 0.3 is 0 Å². The highest BCUT2D eigenvalue weighted by Gasteiger charge is 2.26. The second-order valence-electron chi connectivity index (χ2n) is 5.30. The molecule has 1 fully saturated rings. The van der Waals surface area contributed by atoms with Crippen LogP contribution in [-0.4, -0.2) is 30.3 Å². The average molecular weight is 259 g/mol. The number of nitrogens with two attached hydrogens (primary N) is 1. The molecule has 0 amide bonds. The summed E-state index contributed by atoms with van der Waals surface area (Å²) in [5, 5.41) is 1.07. The topological polar surface area (TPSA) is 42.1 Å². The summed E-state index contributed by atoms with van der Waals surface area (Å²) in [6.07, 6.45) is 1.40. The lowest BCUT2D eigenvalue weighted by atomic mass is 10.0. The van der Waals surface area contributed by atoms with Crippen molar-refractivity contribution in [3.05, 3.63) is 36.0 Å². The van der Waals surface area contributed by atoms with Crippen LogP contribution in [0.2, 0.25) is 0 Å². The zero-order chi connectivity index (χ0) is 13.4. The number of fused-ring (bicyclic) bond motifs is 1. The van der Waals surface area contributed by atoms with Crippen molar-refractivity contribution in [2.45, 2.75) is 25.6 Å². The standard InChI is InChI=1S/C15H18FN3/c1-10-4-5-14(13-3-2-6-18-15(10)13)19-8-11(16)7-12(17)9-19/h2-6,11-12H,7-9,17H2,1H3/t11-,12+/m0/s1. The quantitative estimate of drug-likeness (QED) is 0.855. The van der Waals surface area contributed by atoms with E-state index < -0.39 is 6.17 Å². The van der Waals surface area contributed by atoms with Gasteiger partial charge in [-0.3, -0.25) is 4.98 Å². The molecule has 100 valence electrons. The maximum absolute atomic E-state index is 13.7. The minimum absolute atomic E-state index is 0.100. The number of aromatic nitrogens is 1. The molecule has 2 N–H and O–H groups in total. The van der Waals surface area contributed by atoms with E-state index in [1.807, 2.05) is 36.1 Å². The average Bonchev–Trinajstić information content (AvgIpc) is 2.38. The third-order valence-electron chi connectivity index (χ3n) is 3.72. The van der Waals surface area contributed by atoms with E-state index in [1.165, 1.54) is 0 Å². The van der Waals surface area contributed by atoms with Crippen LogP contribution >= 0.6 is 0 Å². The number of hydrogen-bond donors (Lipinski definition) is 1. The minimum Gasteiger partial charge on any atom is -0.367 e. The van der Waals surface area contributed by atoms with E-state index in [9.17, 15) is 4.39 Å². The van der Waals surface area contributed by atoms with E-state index >= 15 is 0 Å². The van der Waals surface area contributed by atoms with Gasteiger partial charge in [0, 0.05) is 36.4 Å². The maximum atomic E-state index is 13.7. The molecule has 0 unspecified atom stereocenters. The predicted molar refractivity (Wildman–Crippen MR) is 76.2 cm³/mol. The highest BCUT2D eigenvalue weighted by Crippen LogP contribution is 2.30. The van der Waals surface area contributed by atoms with Gasteiger partial charge in [0.1, 0.15) is 6.17 Å². The van der Waals surface area contributed by atoms with E-state index in [-0.39, 0.29) is 6.04 Å². The molecule has 0 radical (unpaired) electrons. The minimum atomic E-state index is -0.850. The highest BCUT2D eigenvalue weighted by atomic mass is 19.1. The number of anilines is 1. The number of aryl methyl sites for hydroxylation is 1. The van der Waals surface area contributed by atoms with Gasteiger partial charge in [-0.1, -0.05) is 6.07 Å². The number of rotatable bonds is 1. The lowest BCUT2D eigenvalue weighted by Gasteiger charge is -2.35. The molecule has 0 aliphatic carbocycles. The molecule has 1 aromatic heterocycles. The van der Waals surface area contributed by atoms with Crippen LogP contribution in [0, 0.1) is 6.92 Å². The van der Waals surface area contributed by atoms with Gasteiger partial charge in [0.25, 0.3) is 0 Å². The molecule has 2 aromatic rings. The van der Waals surface area contributed by atoms with Crippen molar-refractivity contribution in [2.75, 3.05) is 18.0 Å². The summed E-state index contributed by atoms with van der Waals surface area (Å²) < 4.78 is 13.7. The molecule has 1 aromatic carbocycles. The Hall–Kier alpha value is -1.68. The Morgan fingerprint density at radius 2 is 2.16 bits per heavy atom. The summed E-state index contributed by atoms with van der Waals surface area (Å²) in [7, 11) is 0. The first-order valence-corrected chi connectivity index (χ1v) is 6.64. The number of nitrogens with zero attached hydrogens (tertiary/aromatic N) is 2. The summed E-state index contributed by atoms with van der Waals surface area (Å²) in [5.41, 5.74) is 9.08. The smallest absolute Gasteiger partial charge is 0.119 e. The highest BCUT2D eigenvalue weighted by molar-refractivity contribution is 5.93. The van der Waals surface area contributed by atoms with Gasteiger partial charge in [-0.2, -0.15) is 0 Å². The van der Waals surface area contributed by atoms with Crippen LogP contribution in [0.5, 0.6) is 0 Å². The Bertz CT molecular complexity index is 589. The van der Waals surface area contributed by atoms with Gasteiger partial charge in [0.2, 0.25) is 0 Å². The van der Waals surface area contributed by atoms with Crippen LogP contribution in [0.15, 0.2) is 30.5 Å². The Labute approximate surface area is 112 Å². The lowest BCUT2D eigenvalue weighted by Crippen LogP contribution is -2.48. The first kappa shape index (κ1) is 12.4. The van der Waals surface area contributed by atoms with Crippen LogP contribution < -0.4 is 10.6 Å². The van der Waals surface area contributed by atoms with Crippen molar-refractivity contribution in [3.63, 3.8) is 0 Å². The third kappa shape index (κ3) is 2.28. The summed E-state index contributed by atoms with van der Waals surface area (Å²) >= 11 is 0. The summed E-state index contributed by atoms with van der Waals surface area (Å²) in [5.74, 6) is 0. The molecule has 4 heteroatoms. The summed E-state index contributed by atoms with van der Waals surface area (Å²) in [6, 6.07) is 7.94. The Morgan fingerprint density at radius 1 is 1.32 bits per heavy atom. The van der Waals surface area contributed by atoms with Gasteiger partial charge in [-0.25, -0.2) is 4.39 Å². The normalized spacial score (nSPS) is 23.8. The number of alkyl halides is 1. The van der Waals surface area contributed by atoms with Crippen LogP contribution in [0.4, 0.5) is 10.1 Å². The first-order chi connectivity index (χ1) is 9.15. The van der Waals surface area contributed by atoms with E-state index in [0.717, 1.165) is 22.2 Å². The molecular formula is C15H18FN3. The van der Waals surface area contributed by atoms with Crippen molar-refractivity contribution in [2.24, 2.45) is 5.73 Å². The number of piperidine rings is 1. The molecule has 0 spiro atoms. The summed E-state index contributed by atoms with van der Waals surface area (Å²) in [6.45, 7) is 3.16. The zero-order valence-corrected chi connectivity index (χ0v) is 11.0. The van der Waals surface area contributed by atoms with E-state index in [1.54, 1.807) is 6.20 Å². The molecule has 1 saturated heterocycles. The molecule has 2 atom stereocenters. The Balaban J connectivity index is 2.07. The van der Waals surface area contributed by atoms with Crippen LogP contribution in [0.3, 0.4) is 0 Å². The van der Waals surface area contributed by atoms with Crippen molar-refractivity contribution >= 4 is 16.6 Å². The summed E-state index contributed by atoms with van der Waals surface area (Å²) in [4.78, 5) is 6.47. The number of benzene rings is 1. The fraction of sp³-hybridized carbons (Fsp3) is 0.400. The zero-order valence-electron chi connectivity index (χ0n) is 11.0. The second kappa shape index (κ2) is 4.78. The fourth-order valence-electron chi connectivity index (χ4n) is 2.85. The van der Waals surface area contributed by atoms with Crippen LogP contribution in [0.25, 0.3) is 10.9 Å². The Morgan fingerprint density at radius 3 is 2.95 bits per heavy atom. The monoisotopic (exact) mass is 259 g/mol. The largest absolute Gasteiger partial charge is 0.367 e. The predicted octanol–water partition coefficient (Wildman–Crippen LogP) is 2.42. The molecule has 1 aliphatic rings. The van der Waals surface area contributed by atoms with Crippen molar-refractivity contribution in [3.8, 4) is 0 Å². The fourth-order valence-corrected chi connectivity index (χ4v) is 2.85. The van der Waals surface area contributed by atoms with Crippen molar-refractivity contribution in [1.82, 2.24) is 4.98 Å². The van der Waals surface area contributed by atoms with E-state index in [4.69, 9.17) is 5.73 Å². The molecule has 19 heavy (non-hydrogen) atoms. The maximum Gasteiger partial charge on any atom is 0.119 e. The van der Waals surface area contributed by atoms with Gasteiger partial charge in [0.15, 0.2) is 0 Å². The Kier molecular flexibility index (Phi) is 3.11. The third-order valence-corrected chi connectivity index (χ3v) is 3.72. The molecule has 1 aliphatic heterocycles. The van der Waals surface area contributed by atoms with Crippen LogP contribution in [0.1, 0.15) is 12.0 Å². The van der Waals surface area contributed by atoms with Gasteiger partial charge < -0.3 is 10.6 Å². The molecular weight excluding hydrogens is 241 g/mol. The lowest BCUT2D eigenvalue weighted by molar-refractivity contribution is 0.269. The molecule has 0 saturated carbocycles. The second-order valence-corrected chi connectivity index (χ2v) is 5.30. The number of hydrogen-bond acceptors (Lipinski definition) is 3. The number of pyridine rings is 1.